The molecule has 1 heterocycles. The topological polar surface area (TPSA) is 34.0 Å². The Morgan fingerprint density at radius 2 is 1.76 bits per heavy atom. The molecule has 1 aromatic heterocycles. The van der Waals surface area contributed by atoms with Crippen molar-refractivity contribution in [2.45, 2.75) is 13.0 Å². The summed E-state index contributed by atoms with van der Waals surface area (Å²) in [6.07, 6.45) is 4.64. The van der Waals surface area contributed by atoms with Crippen LogP contribution in [0.5, 0.6) is 0 Å². The van der Waals surface area contributed by atoms with Crippen LogP contribution in [0.3, 0.4) is 0 Å². The van der Waals surface area contributed by atoms with Crippen LogP contribution in [0.15, 0.2) is 54.9 Å². The van der Waals surface area contributed by atoms with Gasteiger partial charge in [0.2, 0.25) is 5.91 Å². The van der Waals surface area contributed by atoms with Crippen molar-refractivity contribution in [1.29, 1.82) is 0 Å². The molecule has 1 amide bonds. The van der Waals surface area contributed by atoms with Crippen LogP contribution in [0.25, 0.3) is 0 Å². The number of hydrogen-bond acceptors (Lipinski definition) is 1. The average molecular weight is 228 g/mol. The molecule has 0 aliphatic heterocycles. The van der Waals surface area contributed by atoms with E-state index in [0.717, 1.165) is 6.42 Å². The molecule has 0 atom stereocenters. The van der Waals surface area contributed by atoms with Crippen LogP contribution in [0, 0.1) is 0 Å². The Morgan fingerprint density at radius 3 is 2.47 bits per heavy atom. The lowest BCUT2D eigenvalue weighted by Crippen LogP contribution is -2.28. The van der Waals surface area contributed by atoms with Gasteiger partial charge in [0, 0.05) is 18.9 Å². The minimum absolute atomic E-state index is 0.0529. The van der Waals surface area contributed by atoms with Crippen molar-refractivity contribution in [2.24, 2.45) is 0 Å². The Labute approximate surface area is 101 Å². The monoisotopic (exact) mass is 228 g/mol. The molecule has 0 radical (unpaired) electrons. The summed E-state index contributed by atoms with van der Waals surface area (Å²) < 4.78 is 1.86. The van der Waals surface area contributed by atoms with E-state index in [4.69, 9.17) is 0 Å². The number of aromatic nitrogens is 1. The fourth-order valence-electron chi connectivity index (χ4n) is 1.69. The molecule has 3 heteroatoms. The van der Waals surface area contributed by atoms with Gasteiger partial charge in [-0.15, -0.1) is 0 Å². The van der Waals surface area contributed by atoms with Crippen molar-refractivity contribution in [1.82, 2.24) is 9.88 Å². The molecule has 0 bridgehead atoms. The minimum atomic E-state index is 0.0529. The average Bonchev–Trinajstić information content (AvgIpc) is 2.83. The van der Waals surface area contributed by atoms with Crippen molar-refractivity contribution in [2.75, 3.05) is 6.54 Å². The van der Waals surface area contributed by atoms with Gasteiger partial charge in [0.15, 0.2) is 0 Å². The number of rotatable bonds is 5. The highest BCUT2D eigenvalue weighted by molar-refractivity contribution is 5.75. The molecule has 0 aliphatic carbocycles. The van der Waals surface area contributed by atoms with Gasteiger partial charge in [0.1, 0.15) is 6.54 Å². The van der Waals surface area contributed by atoms with E-state index in [1.54, 1.807) is 0 Å². The third-order valence-electron chi connectivity index (χ3n) is 2.57. The smallest absolute Gasteiger partial charge is 0.239 e. The summed E-state index contributed by atoms with van der Waals surface area (Å²) in [7, 11) is 0. The van der Waals surface area contributed by atoms with Crippen molar-refractivity contribution in [3.63, 3.8) is 0 Å². The summed E-state index contributed by atoms with van der Waals surface area (Å²) in [5.74, 6) is 0.0529. The van der Waals surface area contributed by atoms with E-state index in [2.05, 4.69) is 17.4 Å². The second-order valence-corrected chi connectivity index (χ2v) is 3.94. The second-order valence-electron chi connectivity index (χ2n) is 3.94. The Hall–Kier alpha value is -2.03. The van der Waals surface area contributed by atoms with Crippen LogP contribution >= 0.6 is 0 Å². The number of carbonyl (C=O) groups excluding carboxylic acids is 1. The molecule has 0 spiro atoms. The summed E-state index contributed by atoms with van der Waals surface area (Å²) in [6, 6.07) is 14.0. The maximum absolute atomic E-state index is 11.6. The lowest BCUT2D eigenvalue weighted by molar-refractivity contribution is -0.121. The Balaban J connectivity index is 1.70. The van der Waals surface area contributed by atoms with Crippen LogP contribution in [-0.4, -0.2) is 17.0 Å². The first kappa shape index (κ1) is 11.5. The van der Waals surface area contributed by atoms with Gasteiger partial charge in [-0.2, -0.15) is 0 Å². The van der Waals surface area contributed by atoms with Gasteiger partial charge in [-0.1, -0.05) is 30.3 Å². The summed E-state index contributed by atoms with van der Waals surface area (Å²) in [6.45, 7) is 1.08. The van der Waals surface area contributed by atoms with E-state index in [1.165, 1.54) is 5.56 Å². The van der Waals surface area contributed by atoms with E-state index in [9.17, 15) is 4.79 Å². The molecular weight excluding hydrogens is 212 g/mol. The van der Waals surface area contributed by atoms with Crippen LogP contribution in [-0.2, 0) is 17.8 Å². The van der Waals surface area contributed by atoms with Gasteiger partial charge >= 0.3 is 0 Å². The third-order valence-corrected chi connectivity index (χ3v) is 2.57. The molecule has 2 aromatic rings. The van der Waals surface area contributed by atoms with Crippen molar-refractivity contribution < 1.29 is 4.79 Å². The molecule has 0 aliphatic rings. The van der Waals surface area contributed by atoms with E-state index in [0.29, 0.717) is 13.1 Å². The van der Waals surface area contributed by atoms with Gasteiger partial charge in [-0.25, -0.2) is 0 Å². The third kappa shape index (κ3) is 3.79. The highest BCUT2D eigenvalue weighted by atomic mass is 16.1. The lowest BCUT2D eigenvalue weighted by Gasteiger charge is -2.06. The SMILES string of the molecule is O=C(Cn1cccc1)NCCc1ccccc1. The first-order valence-electron chi connectivity index (χ1n) is 5.76. The summed E-state index contributed by atoms with van der Waals surface area (Å²) in [5.41, 5.74) is 1.24. The van der Waals surface area contributed by atoms with E-state index in [1.807, 2.05) is 47.3 Å². The molecule has 17 heavy (non-hydrogen) atoms. The van der Waals surface area contributed by atoms with E-state index >= 15 is 0 Å². The number of benzene rings is 1. The quantitative estimate of drug-likeness (QED) is 0.832. The maximum atomic E-state index is 11.6. The predicted octanol–water partition coefficient (Wildman–Crippen LogP) is 1.85. The zero-order valence-corrected chi connectivity index (χ0v) is 9.67. The minimum Gasteiger partial charge on any atom is -0.354 e. The van der Waals surface area contributed by atoms with Gasteiger partial charge in [0.25, 0.3) is 0 Å². The number of nitrogens with zero attached hydrogens (tertiary/aromatic N) is 1. The molecule has 0 saturated carbocycles. The fraction of sp³-hybridized carbons (Fsp3) is 0.214. The molecule has 0 saturated heterocycles. The zero-order chi connectivity index (χ0) is 11.9. The summed E-state index contributed by atoms with van der Waals surface area (Å²) in [4.78, 5) is 11.6. The van der Waals surface area contributed by atoms with Crippen LogP contribution in [0.1, 0.15) is 5.56 Å². The molecule has 1 aromatic carbocycles. The number of carbonyl (C=O) groups is 1. The van der Waals surface area contributed by atoms with Crippen molar-refractivity contribution in [3.8, 4) is 0 Å². The normalized spacial score (nSPS) is 10.1. The first-order valence-corrected chi connectivity index (χ1v) is 5.76. The molecule has 88 valence electrons. The molecular formula is C14H16N2O. The fourth-order valence-corrected chi connectivity index (χ4v) is 1.69. The van der Waals surface area contributed by atoms with E-state index < -0.39 is 0 Å². The molecule has 3 nitrogen and oxygen atoms in total. The summed E-state index contributed by atoms with van der Waals surface area (Å²) in [5, 5.41) is 2.91. The van der Waals surface area contributed by atoms with Crippen LogP contribution < -0.4 is 5.32 Å². The summed E-state index contributed by atoms with van der Waals surface area (Å²) >= 11 is 0. The highest BCUT2D eigenvalue weighted by Gasteiger charge is 2.00. The van der Waals surface area contributed by atoms with Gasteiger partial charge in [-0.05, 0) is 24.1 Å². The largest absolute Gasteiger partial charge is 0.354 e. The molecule has 2 rings (SSSR count). The van der Waals surface area contributed by atoms with Crippen LogP contribution in [0.4, 0.5) is 0 Å². The Bertz CT molecular complexity index is 448. The predicted molar refractivity (Wildman–Crippen MR) is 67.6 cm³/mol. The molecule has 0 fully saturated rings. The molecule has 0 unspecified atom stereocenters. The number of nitrogens with one attached hydrogen (secondary N) is 1. The first-order chi connectivity index (χ1) is 8.34. The molecule has 1 N–H and O–H groups in total. The zero-order valence-electron chi connectivity index (χ0n) is 9.67. The highest BCUT2D eigenvalue weighted by Crippen LogP contribution is 1.98. The second kappa shape index (κ2) is 5.89. The van der Waals surface area contributed by atoms with Gasteiger partial charge in [-0.3, -0.25) is 4.79 Å². The Kier molecular flexibility index (Phi) is 3.97. The van der Waals surface area contributed by atoms with Gasteiger partial charge in [0.05, 0.1) is 0 Å². The van der Waals surface area contributed by atoms with E-state index in [-0.39, 0.29) is 5.91 Å². The van der Waals surface area contributed by atoms with Gasteiger partial charge < -0.3 is 9.88 Å². The van der Waals surface area contributed by atoms with Crippen LogP contribution in [0.2, 0.25) is 0 Å². The number of amides is 1. The van der Waals surface area contributed by atoms with Crippen molar-refractivity contribution in [3.05, 3.63) is 60.4 Å². The maximum Gasteiger partial charge on any atom is 0.239 e. The lowest BCUT2D eigenvalue weighted by atomic mass is 10.1. The standard InChI is InChI=1S/C14H16N2O/c17-14(12-16-10-4-5-11-16)15-9-8-13-6-2-1-3-7-13/h1-7,10-11H,8-9,12H2,(H,15,17). The van der Waals surface area contributed by atoms with Crippen molar-refractivity contribution >= 4 is 5.91 Å². The number of hydrogen-bond donors (Lipinski definition) is 1. The Morgan fingerprint density at radius 1 is 1.06 bits per heavy atom.